The number of benzene rings is 1. The van der Waals surface area contributed by atoms with Gasteiger partial charge in [0.15, 0.2) is 0 Å². The summed E-state index contributed by atoms with van der Waals surface area (Å²) in [6.45, 7) is 4.46. The van der Waals surface area contributed by atoms with E-state index in [1.54, 1.807) is 0 Å². The van der Waals surface area contributed by atoms with Crippen molar-refractivity contribution in [2.75, 3.05) is 12.9 Å². The van der Waals surface area contributed by atoms with Gasteiger partial charge in [-0.1, -0.05) is 44.2 Å². The summed E-state index contributed by atoms with van der Waals surface area (Å²) in [5, 5.41) is 3.93. The van der Waals surface area contributed by atoms with E-state index < -0.39 is 0 Å². The molecule has 1 aliphatic rings. The first kappa shape index (κ1) is 14.4. The number of ether oxygens (including phenoxy) is 1. The number of hydrogen-bond donors (Lipinski definition) is 1. The standard InChI is InChI=1S/C15H21NO2S/c1-10(2)14-13(11-7-5-4-6-8-11)16-12(9-19-14)15(17)18-3/h4-8,10,12-14,16H,9H2,1-3H3. The van der Waals surface area contributed by atoms with Gasteiger partial charge in [-0.3, -0.25) is 10.1 Å². The average Bonchev–Trinajstić information content (AvgIpc) is 2.46. The summed E-state index contributed by atoms with van der Waals surface area (Å²) < 4.78 is 4.85. The van der Waals surface area contributed by atoms with Crippen LogP contribution in [-0.2, 0) is 9.53 Å². The third kappa shape index (κ3) is 3.31. The zero-order chi connectivity index (χ0) is 13.8. The second kappa shape index (κ2) is 6.44. The fraction of sp³-hybridized carbons (Fsp3) is 0.533. The van der Waals surface area contributed by atoms with Crippen molar-refractivity contribution in [2.24, 2.45) is 5.92 Å². The molecule has 104 valence electrons. The second-order valence-corrected chi connectivity index (χ2v) is 6.38. The number of methoxy groups -OCH3 is 1. The summed E-state index contributed by atoms with van der Waals surface area (Å²) in [6.07, 6.45) is 0. The number of carbonyl (C=O) groups is 1. The molecule has 4 heteroatoms. The van der Waals surface area contributed by atoms with Crippen LogP contribution in [0.4, 0.5) is 0 Å². The molecule has 0 amide bonds. The molecule has 1 heterocycles. The summed E-state index contributed by atoms with van der Waals surface area (Å²) in [5.74, 6) is 1.16. The normalized spacial score (nSPS) is 27.3. The van der Waals surface area contributed by atoms with Crippen LogP contribution in [0, 0.1) is 5.92 Å². The van der Waals surface area contributed by atoms with Crippen molar-refractivity contribution < 1.29 is 9.53 Å². The molecule has 1 fully saturated rings. The molecule has 1 aliphatic heterocycles. The minimum Gasteiger partial charge on any atom is -0.468 e. The van der Waals surface area contributed by atoms with E-state index in [0.717, 1.165) is 5.75 Å². The minimum absolute atomic E-state index is 0.171. The van der Waals surface area contributed by atoms with E-state index in [4.69, 9.17) is 4.74 Å². The molecule has 19 heavy (non-hydrogen) atoms. The van der Waals surface area contributed by atoms with Crippen LogP contribution in [0.2, 0.25) is 0 Å². The Balaban J connectivity index is 2.20. The van der Waals surface area contributed by atoms with Gasteiger partial charge in [-0.25, -0.2) is 0 Å². The van der Waals surface area contributed by atoms with Gasteiger partial charge in [0.1, 0.15) is 6.04 Å². The van der Waals surface area contributed by atoms with Gasteiger partial charge in [-0.15, -0.1) is 0 Å². The van der Waals surface area contributed by atoms with Crippen LogP contribution in [-0.4, -0.2) is 30.1 Å². The van der Waals surface area contributed by atoms with Gasteiger partial charge in [0.2, 0.25) is 0 Å². The summed E-state index contributed by atoms with van der Waals surface area (Å²) in [5.41, 5.74) is 1.24. The highest BCUT2D eigenvalue weighted by molar-refractivity contribution is 8.00. The molecular formula is C15H21NO2S. The van der Waals surface area contributed by atoms with Crippen molar-refractivity contribution in [3.05, 3.63) is 35.9 Å². The van der Waals surface area contributed by atoms with Crippen molar-refractivity contribution in [1.29, 1.82) is 0 Å². The Morgan fingerprint density at radius 1 is 1.37 bits per heavy atom. The Bertz CT molecular complexity index is 421. The van der Waals surface area contributed by atoms with Crippen LogP contribution in [0.1, 0.15) is 25.5 Å². The lowest BCUT2D eigenvalue weighted by atomic mass is 9.95. The van der Waals surface area contributed by atoms with Crippen molar-refractivity contribution in [3.8, 4) is 0 Å². The number of hydrogen-bond acceptors (Lipinski definition) is 4. The second-order valence-electron chi connectivity index (χ2n) is 5.17. The number of nitrogens with one attached hydrogen (secondary N) is 1. The Labute approximate surface area is 119 Å². The molecule has 1 N–H and O–H groups in total. The summed E-state index contributed by atoms with van der Waals surface area (Å²) in [6, 6.07) is 10.3. The Morgan fingerprint density at radius 3 is 2.63 bits per heavy atom. The molecule has 1 saturated heterocycles. The number of thioether (sulfide) groups is 1. The molecule has 0 aliphatic carbocycles. The average molecular weight is 279 g/mol. The van der Waals surface area contributed by atoms with Crippen molar-refractivity contribution in [2.45, 2.75) is 31.2 Å². The van der Waals surface area contributed by atoms with E-state index in [1.807, 2.05) is 30.0 Å². The SMILES string of the molecule is COC(=O)C1CSC(C(C)C)C(c2ccccc2)N1. The third-order valence-electron chi connectivity index (χ3n) is 3.47. The maximum Gasteiger partial charge on any atom is 0.323 e. The molecule has 0 bridgehead atoms. The van der Waals surface area contributed by atoms with Crippen molar-refractivity contribution in [1.82, 2.24) is 5.32 Å². The van der Waals surface area contributed by atoms with Crippen molar-refractivity contribution >= 4 is 17.7 Å². The molecule has 0 aromatic heterocycles. The van der Waals surface area contributed by atoms with E-state index >= 15 is 0 Å². The highest BCUT2D eigenvalue weighted by Gasteiger charge is 2.36. The lowest BCUT2D eigenvalue weighted by Gasteiger charge is -2.38. The predicted molar refractivity (Wildman–Crippen MR) is 79.2 cm³/mol. The van der Waals surface area contributed by atoms with Gasteiger partial charge in [0.05, 0.1) is 7.11 Å². The fourth-order valence-electron chi connectivity index (χ4n) is 2.47. The van der Waals surface area contributed by atoms with Gasteiger partial charge in [-0.05, 0) is 11.5 Å². The van der Waals surface area contributed by atoms with E-state index in [1.165, 1.54) is 12.7 Å². The van der Waals surface area contributed by atoms with Crippen LogP contribution in [0.15, 0.2) is 30.3 Å². The number of rotatable bonds is 3. The Morgan fingerprint density at radius 2 is 2.05 bits per heavy atom. The van der Waals surface area contributed by atoms with Crippen LogP contribution >= 0.6 is 11.8 Å². The largest absolute Gasteiger partial charge is 0.468 e. The Kier molecular flexibility index (Phi) is 4.88. The molecule has 0 spiro atoms. The third-order valence-corrected chi connectivity index (χ3v) is 5.19. The predicted octanol–water partition coefficient (Wildman–Crippen LogP) is 2.63. The monoisotopic (exact) mass is 279 g/mol. The molecule has 2 rings (SSSR count). The van der Waals surface area contributed by atoms with Crippen LogP contribution < -0.4 is 5.32 Å². The zero-order valence-corrected chi connectivity index (χ0v) is 12.4. The molecule has 1 aromatic carbocycles. The van der Waals surface area contributed by atoms with E-state index in [2.05, 4.69) is 31.3 Å². The quantitative estimate of drug-likeness (QED) is 0.863. The van der Waals surface area contributed by atoms with Gasteiger partial charge in [-0.2, -0.15) is 11.8 Å². The molecule has 1 aromatic rings. The first-order valence-electron chi connectivity index (χ1n) is 6.64. The minimum atomic E-state index is -0.213. The van der Waals surface area contributed by atoms with Crippen LogP contribution in [0.25, 0.3) is 0 Å². The van der Waals surface area contributed by atoms with E-state index in [0.29, 0.717) is 11.2 Å². The highest BCUT2D eigenvalue weighted by atomic mass is 32.2. The first-order chi connectivity index (χ1) is 9.13. The molecular weight excluding hydrogens is 258 g/mol. The zero-order valence-electron chi connectivity index (χ0n) is 11.6. The van der Waals surface area contributed by atoms with Gasteiger partial charge in [0.25, 0.3) is 0 Å². The summed E-state index contributed by atoms with van der Waals surface area (Å²) >= 11 is 1.86. The van der Waals surface area contributed by atoms with Gasteiger partial charge >= 0.3 is 5.97 Å². The summed E-state index contributed by atoms with van der Waals surface area (Å²) in [4.78, 5) is 11.7. The topological polar surface area (TPSA) is 38.3 Å². The number of esters is 1. The molecule has 3 unspecified atom stereocenters. The maximum atomic E-state index is 11.7. The molecule has 0 saturated carbocycles. The highest BCUT2D eigenvalue weighted by Crippen LogP contribution is 2.36. The van der Waals surface area contributed by atoms with Crippen molar-refractivity contribution in [3.63, 3.8) is 0 Å². The number of carbonyl (C=O) groups excluding carboxylic acids is 1. The maximum absolute atomic E-state index is 11.7. The fourth-order valence-corrected chi connectivity index (χ4v) is 3.93. The van der Waals surface area contributed by atoms with Gasteiger partial charge < -0.3 is 4.74 Å². The molecule has 0 radical (unpaired) electrons. The van der Waals surface area contributed by atoms with E-state index in [9.17, 15) is 4.79 Å². The van der Waals surface area contributed by atoms with Gasteiger partial charge in [0, 0.05) is 17.0 Å². The lowest BCUT2D eigenvalue weighted by Crippen LogP contribution is -2.50. The molecule has 3 nitrogen and oxygen atoms in total. The Hall–Kier alpha value is -1.00. The van der Waals surface area contributed by atoms with Crippen LogP contribution in [0.3, 0.4) is 0 Å². The summed E-state index contributed by atoms with van der Waals surface area (Å²) in [7, 11) is 1.45. The van der Waals surface area contributed by atoms with E-state index in [-0.39, 0.29) is 18.1 Å². The smallest absolute Gasteiger partial charge is 0.323 e. The molecule has 3 atom stereocenters. The lowest BCUT2D eigenvalue weighted by molar-refractivity contribution is -0.142. The van der Waals surface area contributed by atoms with Crippen LogP contribution in [0.5, 0.6) is 0 Å². The first-order valence-corrected chi connectivity index (χ1v) is 7.68.